The third kappa shape index (κ3) is 57.6. The van der Waals surface area contributed by atoms with Crippen molar-refractivity contribution >= 4 is 25.7 Å². The maximum atomic E-state index is 12.9. The standard InChI is InChI=1S/C66H117O11P/c1-4-7-10-13-16-19-22-25-28-30-31-33-36-39-42-45-48-51-54-57-66(70)77-63(59-73-64(68)55-52-49-46-43-40-37-35-32-29-26-23-20-17-14-11-8-5-2)61-75-78(71,72)74-60-62(58-67)76-65(69)56-53-50-47-44-41-38-34-27-24-21-18-15-12-9-6-3/h7,10,16,19,25-29,31,33-34,62-63,67H,4-6,8-9,11-15,17-18,20-24,30,32,35-61H2,1-3H3,(H,71,72)/b10-7-,19-16-,28-25-,29-26-,33-31-,34-27-. The van der Waals surface area contributed by atoms with Crippen LogP contribution < -0.4 is 0 Å². The first kappa shape index (κ1) is 74.9. The first-order valence-electron chi connectivity index (χ1n) is 31.8. The predicted octanol–water partition coefficient (Wildman–Crippen LogP) is 19.3. The van der Waals surface area contributed by atoms with E-state index in [4.69, 9.17) is 23.3 Å². The first-order chi connectivity index (χ1) is 38.2. The Morgan fingerprint density at radius 1 is 0.372 bits per heavy atom. The summed E-state index contributed by atoms with van der Waals surface area (Å²) in [6.45, 7) is 4.53. The Morgan fingerprint density at radius 3 is 1.04 bits per heavy atom. The Balaban J connectivity index is 4.74. The lowest BCUT2D eigenvalue weighted by Gasteiger charge is -2.21. The van der Waals surface area contributed by atoms with Gasteiger partial charge in [0, 0.05) is 19.3 Å². The number of allylic oxidation sites excluding steroid dienone is 12. The number of hydrogen-bond donors (Lipinski definition) is 2. The van der Waals surface area contributed by atoms with Gasteiger partial charge < -0.3 is 24.2 Å². The van der Waals surface area contributed by atoms with Crippen molar-refractivity contribution < 1.29 is 52.2 Å². The smallest absolute Gasteiger partial charge is 0.462 e. The van der Waals surface area contributed by atoms with Crippen molar-refractivity contribution in [2.75, 3.05) is 26.4 Å². The Labute approximate surface area is 478 Å². The van der Waals surface area contributed by atoms with Crippen LogP contribution in [0.25, 0.3) is 0 Å². The van der Waals surface area contributed by atoms with Gasteiger partial charge in [-0.25, -0.2) is 4.57 Å². The average molecular weight is 1120 g/mol. The van der Waals surface area contributed by atoms with Gasteiger partial charge in [0.1, 0.15) is 12.7 Å². The second-order valence-corrected chi connectivity index (χ2v) is 22.6. The van der Waals surface area contributed by atoms with Gasteiger partial charge in [0.15, 0.2) is 6.10 Å². The van der Waals surface area contributed by atoms with Gasteiger partial charge in [-0.05, 0) is 109 Å². The van der Waals surface area contributed by atoms with Crippen LogP contribution in [0.5, 0.6) is 0 Å². The van der Waals surface area contributed by atoms with Crippen molar-refractivity contribution in [2.24, 2.45) is 0 Å². The highest BCUT2D eigenvalue weighted by atomic mass is 31.2. The van der Waals surface area contributed by atoms with Crippen LogP contribution in [0.4, 0.5) is 0 Å². The highest BCUT2D eigenvalue weighted by Crippen LogP contribution is 2.43. The molecule has 0 heterocycles. The van der Waals surface area contributed by atoms with E-state index in [2.05, 4.69) is 93.7 Å². The van der Waals surface area contributed by atoms with E-state index >= 15 is 0 Å². The quantitative estimate of drug-likeness (QED) is 0.0197. The number of ether oxygens (including phenoxy) is 3. The molecular weight excluding hydrogens is 1000 g/mol. The lowest BCUT2D eigenvalue weighted by Crippen LogP contribution is -2.30. The largest absolute Gasteiger partial charge is 0.472 e. The minimum Gasteiger partial charge on any atom is -0.462 e. The number of aliphatic hydroxyl groups is 1. The second-order valence-electron chi connectivity index (χ2n) is 21.2. The van der Waals surface area contributed by atoms with E-state index < -0.39 is 57.8 Å². The summed E-state index contributed by atoms with van der Waals surface area (Å²) in [5, 5.41) is 9.84. The summed E-state index contributed by atoms with van der Waals surface area (Å²) in [5.74, 6) is -1.48. The fourth-order valence-corrected chi connectivity index (χ4v) is 9.53. The van der Waals surface area contributed by atoms with Gasteiger partial charge in [0.2, 0.25) is 0 Å². The predicted molar refractivity (Wildman–Crippen MR) is 325 cm³/mol. The van der Waals surface area contributed by atoms with Crippen LogP contribution in [0.1, 0.15) is 290 Å². The summed E-state index contributed by atoms with van der Waals surface area (Å²) >= 11 is 0. The van der Waals surface area contributed by atoms with Crippen LogP contribution in [0.15, 0.2) is 72.9 Å². The molecule has 0 aliphatic carbocycles. The molecule has 0 fully saturated rings. The van der Waals surface area contributed by atoms with Gasteiger partial charge >= 0.3 is 25.7 Å². The molecule has 0 saturated carbocycles. The Kier molecular flexibility index (Phi) is 57.7. The molecule has 0 aliphatic rings. The van der Waals surface area contributed by atoms with Crippen LogP contribution in [0, 0.1) is 0 Å². The van der Waals surface area contributed by atoms with E-state index in [1.54, 1.807) is 0 Å². The molecule has 78 heavy (non-hydrogen) atoms. The molecule has 2 N–H and O–H groups in total. The molecular formula is C66H117O11P. The lowest BCUT2D eigenvalue weighted by molar-refractivity contribution is -0.161. The first-order valence-corrected chi connectivity index (χ1v) is 33.3. The fourth-order valence-electron chi connectivity index (χ4n) is 8.75. The molecule has 0 amide bonds. The molecule has 0 rings (SSSR count). The Hall–Kier alpha value is -3.08. The molecule has 0 radical (unpaired) electrons. The zero-order chi connectivity index (χ0) is 56.9. The van der Waals surface area contributed by atoms with E-state index in [1.165, 1.54) is 103 Å². The van der Waals surface area contributed by atoms with Gasteiger partial charge in [-0.3, -0.25) is 23.4 Å². The van der Waals surface area contributed by atoms with E-state index in [0.717, 1.165) is 128 Å². The molecule has 12 heteroatoms. The van der Waals surface area contributed by atoms with Gasteiger partial charge in [0.05, 0.1) is 19.8 Å². The van der Waals surface area contributed by atoms with Crippen LogP contribution in [-0.2, 0) is 42.2 Å². The van der Waals surface area contributed by atoms with Crippen molar-refractivity contribution in [1.82, 2.24) is 0 Å². The lowest BCUT2D eigenvalue weighted by atomic mass is 10.1. The van der Waals surface area contributed by atoms with Crippen LogP contribution in [0.3, 0.4) is 0 Å². The molecule has 11 nitrogen and oxygen atoms in total. The van der Waals surface area contributed by atoms with E-state index in [0.29, 0.717) is 19.3 Å². The van der Waals surface area contributed by atoms with E-state index in [-0.39, 0.29) is 25.9 Å². The van der Waals surface area contributed by atoms with Gasteiger partial charge in [-0.15, -0.1) is 0 Å². The molecule has 3 unspecified atom stereocenters. The third-order valence-corrected chi connectivity index (χ3v) is 14.5. The molecule has 0 aromatic carbocycles. The summed E-state index contributed by atoms with van der Waals surface area (Å²) in [6, 6.07) is 0. The summed E-state index contributed by atoms with van der Waals surface area (Å²) in [5.41, 5.74) is 0. The summed E-state index contributed by atoms with van der Waals surface area (Å²) in [7, 11) is -4.76. The zero-order valence-electron chi connectivity index (χ0n) is 50.1. The van der Waals surface area contributed by atoms with Gasteiger partial charge in [0.25, 0.3) is 0 Å². The van der Waals surface area contributed by atoms with E-state index in [1.807, 2.05) is 0 Å². The van der Waals surface area contributed by atoms with Gasteiger partial charge in [-0.1, -0.05) is 235 Å². The Bertz CT molecular complexity index is 1590. The molecule has 0 saturated heterocycles. The topological polar surface area (TPSA) is 155 Å². The molecule has 0 spiro atoms. The highest BCUT2D eigenvalue weighted by Gasteiger charge is 2.28. The molecule has 0 aromatic rings. The maximum Gasteiger partial charge on any atom is 0.472 e. The molecule has 3 atom stereocenters. The van der Waals surface area contributed by atoms with E-state index in [9.17, 15) is 28.9 Å². The maximum absolute atomic E-state index is 12.9. The molecule has 452 valence electrons. The van der Waals surface area contributed by atoms with Crippen LogP contribution >= 0.6 is 7.82 Å². The zero-order valence-corrected chi connectivity index (χ0v) is 51.0. The minimum atomic E-state index is -4.76. The Morgan fingerprint density at radius 2 is 0.667 bits per heavy atom. The number of carbonyl (C=O) groups excluding carboxylic acids is 3. The monoisotopic (exact) mass is 1120 g/mol. The van der Waals surface area contributed by atoms with Crippen molar-refractivity contribution in [3.63, 3.8) is 0 Å². The highest BCUT2D eigenvalue weighted by molar-refractivity contribution is 7.47. The number of aliphatic hydroxyl groups excluding tert-OH is 1. The number of carbonyl (C=O) groups is 3. The van der Waals surface area contributed by atoms with Crippen molar-refractivity contribution in [3.05, 3.63) is 72.9 Å². The summed E-state index contributed by atoms with van der Waals surface area (Å²) < 4.78 is 39.7. The number of hydrogen-bond acceptors (Lipinski definition) is 10. The SMILES string of the molecule is CC/C=C\C/C=C\C/C=C\C/C=C\CCCCCCCCC(=O)OC(COC(=O)CCCCCCCCC/C=C\CCCCCCCC)COP(=O)(O)OCC(CO)OC(=O)CCCCCCC/C=C\CCCCCCCC. The number of unbranched alkanes of at least 4 members (excludes halogenated alkanes) is 30. The molecule has 0 aromatic heterocycles. The molecule has 0 aliphatic heterocycles. The minimum absolute atomic E-state index is 0.149. The number of rotatable bonds is 59. The normalized spacial score (nSPS) is 13.8. The number of phosphoric acid groups is 1. The summed E-state index contributed by atoms with van der Waals surface area (Å²) in [6.07, 6.45) is 68.5. The van der Waals surface area contributed by atoms with Gasteiger partial charge in [-0.2, -0.15) is 0 Å². The van der Waals surface area contributed by atoms with Crippen molar-refractivity contribution in [1.29, 1.82) is 0 Å². The van der Waals surface area contributed by atoms with Crippen LogP contribution in [0.2, 0.25) is 0 Å². The summed E-state index contributed by atoms with van der Waals surface area (Å²) in [4.78, 5) is 48.7. The molecule has 0 bridgehead atoms. The fraction of sp³-hybridized carbons (Fsp3) is 0.773. The average Bonchev–Trinajstić information content (AvgIpc) is 3.43. The second kappa shape index (κ2) is 60.0. The third-order valence-electron chi connectivity index (χ3n) is 13.6. The number of phosphoric ester groups is 1. The van der Waals surface area contributed by atoms with Crippen LogP contribution in [-0.4, -0.2) is 66.5 Å². The number of esters is 3. The van der Waals surface area contributed by atoms with Crippen molar-refractivity contribution in [2.45, 2.75) is 303 Å². The van der Waals surface area contributed by atoms with Crippen molar-refractivity contribution in [3.8, 4) is 0 Å².